The second-order valence-corrected chi connectivity index (χ2v) is 4.97. The van der Waals surface area contributed by atoms with Gasteiger partial charge in [-0.2, -0.15) is 13.2 Å². The largest absolute Gasteiger partial charge is 0.497 e. The lowest BCUT2D eigenvalue weighted by molar-refractivity contribution is -0.137. The van der Waals surface area contributed by atoms with Gasteiger partial charge in [-0.3, -0.25) is 4.79 Å². The standard InChI is InChI=1S/C17H17F3N2O2/c1-3-21-15-8-7-11(9-14(15)17(18,19)20)16(23)22-12-5-4-6-13(10-12)24-2/h4-10,21H,3H2,1-2H3,(H,22,23). The Morgan fingerprint density at radius 2 is 1.92 bits per heavy atom. The van der Waals surface area contributed by atoms with Gasteiger partial charge in [-0.1, -0.05) is 6.07 Å². The van der Waals surface area contributed by atoms with E-state index < -0.39 is 17.6 Å². The highest BCUT2D eigenvalue weighted by molar-refractivity contribution is 6.04. The number of halogens is 3. The molecule has 2 aromatic carbocycles. The number of hydrogen-bond acceptors (Lipinski definition) is 3. The van der Waals surface area contributed by atoms with Crippen LogP contribution in [0.5, 0.6) is 5.75 Å². The van der Waals surface area contributed by atoms with Crippen molar-refractivity contribution in [2.75, 3.05) is 24.3 Å². The lowest BCUT2D eigenvalue weighted by Crippen LogP contribution is -2.16. The van der Waals surface area contributed by atoms with Gasteiger partial charge in [0.2, 0.25) is 0 Å². The van der Waals surface area contributed by atoms with Gasteiger partial charge in [-0.15, -0.1) is 0 Å². The molecule has 24 heavy (non-hydrogen) atoms. The van der Waals surface area contributed by atoms with Crippen LogP contribution in [0.15, 0.2) is 42.5 Å². The van der Waals surface area contributed by atoms with Crippen molar-refractivity contribution in [1.82, 2.24) is 0 Å². The summed E-state index contributed by atoms with van der Waals surface area (Å²) in [6.07, 6.45) is -4.55. The van der Waals surface area contributed by atoms with Crippen LogP contribution in [0.25, 0.3) is 0 Å². The summed E-state index contributed by atoms with van der Waals surface area (Å²) in [4.78, 5) is 12.2. The molecule has 128 valence electrons. The van der Waals surface area contributed by atoms with Crippen LogP contribution in [0, 0.1) is 0 Å². The summed E-state index contributed by atoms with van der Waals surface area (Å²) in [5.41, 5.74) is -0.568. The summed E-state index contributed by atoms with van der Waals surface area (Å²) in [6.45, 7) is 2.04. The highest BCUT2D eigenvalue weighted by atomic mass is 19.4. The van der Waals surface area contributed by atoms with Gasteiger partial charge in [0.15, 0.2) is 0 Å². The summed E-state index contributed by atoms with van der Waals surface area (Å²) in [6, 6.07) is 10.0. The minimum Gasteiger partial charge on any atom is -0.497 e. The van der Waals surface area contributed by atoms with E-state index in [9.17, 15) is 18.0 Å². The van der Waals surface area contributed by atoms with Gasteiger partial charge >= 0.3 is 6.18 Å². The number of hydrogen-bond donors (Lipinski definition) is 2. The van der Waals surface area contributed by atoms with Crippen LogP contribution >= 0.6 is 0 Å². The molecular formula is C17H17F3N2O2. The number of benzene rings is 2. The normalized spacial score (nSPS) is 11.0. The van der Waals surface area contributed by atoms with E-state index in [1.807, 2.05) is 0 Å². The summed E-state index contributed by atoms with van der Waals surface area (Å²) < 4.78 is 44.5. The number of amides is 1. The van der Waals surface area contributed by atoms with E-state index in [1.54, 1.807) is 31.2 Å². The van der Waals surface area contributed by atoms with Crippen LogP contribution < -0.4 is 15.4 Å². The number of anilines is 2. The highest BCUT2D eigenvalue weighted by Gasteiger charge is 2.34. The zero-order valence-corrected chi connectivity index (χ0v) is 13.2. The Morgan fingerprint density at radius 3 is 2.54 bits per heavy atom. The molecule has 0 aromatic heterocycles. The molecule has 2 N–H and O–H groups in total. The number of methoxy groups -OCH3 is 1. The molecule has 0 fully saturated rings. The number of ether oxygens (including phenoxy) is 1. The molecular weight excluding hydrogens is 321 g/mol. The van der Waals surface area contributed by atoms with Crippen LogP contribution in [0.3, 0.4) is 0 Å². The Morgan fingerprint density at radius 1 is 1.17 bits per heavy atom. The van der Waals surface area contributed by atoms with Gasteiger partial charge in [-0.25, -0.2) is 0 Å². The molecule has 0 radical (unpaired) electrons. The zero-order valence-electron chi connectivity index (χ0n) is 13.2. The van der Waals surface area contributed by atoms with E-state index in [4.69, 9.17) is 4.74 Å². The average molecular weight is 338 g/mol. The average Bonchev–Trinajstić information content (AvgIpc) is 2.54. The molecule has 0 atom stereocenters. The first kappa shape index (κ1) is 17.7. The predicted octanol–water partition coefficient (Wildman–Crippen LogP) is 4.40. The van der Waals surface area contributed by atoms with Crippen LogP contribution in [0.4, 0.5) is 24.5 Å². The van der Waals surface area contributed by atoms with Crippen LogP contribution in [-0.2, 0) is 6.18 Å². The van der Waals surface area contributed by atoms with Gasteiger partial charge in [0.05, 0.1) is 12.7 Å². The molecule has 0 unspecified atom stereocenters. The highest BCUT2D eigenvalue weighted by Crippen LogP contribution is 2.35. The summed E-state index contributed by atoms with van der Waals surface area (Å²) in [7, 11) is 1.48. The first-order valence-electron chi connectivity index (χ1n) is 7.25. The van der Waals surface area contributed by atoms with E-state index in [0.29, 0.717) is 18.0 Å². The molecule has 7 heteroatoms. The Labute approximate surface area is 137 Å². The fraction of sp³-hybridized carbons (Fsp3) is 0.235. The zero-order chi connectivity index (χ0) is 17.7. The lowest BCUT2D eigenvalue weighted by Gasteiger charge is -2.15. The van der Waals surface area contributed by atoms with Gasteiger partial charge in [0.25, 0.3) is 5.91 Å². The predicted molar refractivity (Wildman–Crippen MR) is 86.6 cm³/mol. The molecule has 0 aliphatic rings. The van der Waals surface area contributed by atoms with E-state index in [0.717, 1.165) is 6.07 Å². The quantitative estimate of drug-likeness (QED) is 0.850. The summed E-state index contributed by atoms with van der Waals surface area (Å²) in [5.74, 6) is -0.0944. The molecule has 0 bridgehead atoms. The third-order valence-electron chi connectivity index (χ3n) is 3.28. The fourth-order valence-electron chi connectivity index (χ4n) is 2.17. The lowest BCUT2D eigenvalue weighted by atomic mass is 10.1. The third kappa shape index (κ3) is 4.18. The van der Waals surface area contributed by atoms with Crippen LogP contribution in [0.2, 0.25) is 0 Å². The minimum absolute atomic E-state index is 0.0528. The maximum Gasteiger partial charge on any atom is 0.418 e. The first-order chi connectivity index (χ1) is 11.3. The van der Waals surface area contributed by atoms with Gasteiger partial charge < -0.3 is 15.4 Å². The van der Waals surface area contributed by atoms with E-state index in [1.165, 1.54) is 19.2 Å². The number of rotatable bonds is 5. The van der Waals surface area contributed by atoms with Crippen LogP contribution in [0.1, 0.15) is 22.8 Å². The van der Waals surface area contributed by atoms with Crippen molar-refractivity contribution in [2.24, 2.45) is 0 Å². The second-order valence-electron chi connectivity index (χ2n) is 4.97. The minimum atomic E-state index is -4.55. The van der Waals surface area contributed by atoms with Gasteiger partial charge in [0.1, 0.15) is 5.75 Å². The molecule has 2 aromatic rings. The molecule has 0 aliphatic heterocycles. The smallest absolute Gasteiger partial charge is 0.418 e. The molecule has 0 saturated carbocycles. The van der Waals surface area contributed by atoms with Gasteiger partial charge in [-0.05, 0) is 37.3 Å². The Hall–Kier alpha value is -2.70. The maximum atomic E-state index is 13.2. The number of carbonyl (C=O) groups is 1. The third-order valence-corrected chi connectivity index (χ3v) is 3.28. The van der Waals surface area contributed by atoms with E-state index in [-0.39, 0.29) is 11.3 Å². The second kappa shape index (κ2) is 7.25. The maximum absolute atomic E-state index is 13.2. The topological polar surface area (TPSA) is 50.4 Å². The SMILES string of the molecule is CCNc1ccc(C(=O)Nc2cccc(OC)c2)cc1C(F)(F)F. The Balaban J connectivity index is 2.29. The Kier molecular flexibility index (Phi) is 5.33. The number of carbonyl (C=O) groups excluding carboxylic acids is 1. The van der Waals surface area contributed by atoms with Crippen molar-refractivity contribution in [3.8, 4) is 5.75 Å². The molecule has 0 spiro atoms. The molecule has 1 amide bonds. The first-order valence-corrected chi connectivity index (χ1v) is 7.25. The molecule has 2 rings (SSSR count). The molecule has 0 heterocycles. The van der Waals surface area contributed by atoms with Crippen molar-refractivity contribution >= 4 is 17.3 Å². The van der Waals surface area contributed by atoms with Crippen molar-refractivity contribution < 1.29 is 22.7 Å². The van der Waals surface area contributed by atoms with Crippen molar-refractivity contribution in [2.45, 2.75) is 13.1 Å². The van der Waals surface area contributed by atoms with Crippen molar-refractivity contribution in [1.29, 1.82) is 0 Å². The van der Waals surface area contributed by atoms with E-state index >= 15 is 0 Å². The molecule has 4 nitrogen and oxygen atoms in total. The van der Waals surface area contributed by atoms with E-state index in [2.05, 4.69) is 10.6 Å². The monoisotopic (exact) mass is 338 g/mol. The number of nitrogens with one attached hydrogen (secondary N) is 2. The van der Waals surface area contributed by atoms with Gasteiger partial charge in [0, 0.05) is 29.5 Å². The number of alkyl halides is 3. The van der Waals surface area contributed by atoms with Crippen molar-refractivity contribution in [3.63, 3.8) is 0 Å². The Bertz CT molecular complexity index is 730. The molecule has 0 saturated heterocycles. The summed E-state index contributed by atoms with van der Waals surface area (Å²) >= 11 is 0. The fourth-order valence-corrected chi connectivity index (χ4v) is 2.17. The van der Waals surface area contributed by atoms with Crippen LogP contribution in [-0.4, -0.2) is 19.6 Å². The molecule has 0 aliphatic carbocycles. The summed E-state index contributed by atoms with van der Waals surface area (Å²) in [5, 5.41) is 5.20. The van der Waals surface area contributed by atoms with Crippen molar-refractivity contribution in [3.05, 3.63) is 53.6 Å².